The molecule has 3 heteroatoms. The summed E-state index contributed by atoms with van der Waals surface area (Å²) in [5, 5.41) is 2.95. The highest BCUT2D eigenvalue weighted by molar-refractivity contribution is 5.77. The SMILES string of the molecule is CCN(CC(=O)NCC(C)C)Cc1ccccc1. The number of likely N-dealkylation sites (N-methyl/N-ethyl adjacent to an activating group) is 1. The van der Waals surface area contributed by atoms with Crippen molar-refractivity contribution in [2.24, 2.45) is 5.92 Å². The zero-order valence-corrected chi connectivity index (χ0v) is 11.6. The van der Waals surface area contributed by atoms with Gasteiger partial charge in [0.05, 0.1) is 6.54 Å². The van der Waals surface area contributed by atoms with E-state index in [-0.39, 0.29) is 5.91 Å². The third-order valence-electron chi connectivity index (χ3n) is 2.77. The molecule has 0 bridgehead atoms. The number of rotatable bonds is 7. The lowest BCUT2D eigenvalue weighted by molar-refractivity contribution is -0.122. The Kier molecular flexibility index (Phi) is 6.44. The van der Waals surface area contributed by atoms with E-state index in [0.717, 1.165) is 19.6 Å². The molecule has 1 rings (SSSR count). The van der Waals surface area contributed by atoms with Crippen LogP contribution >= 0.6 is 0 Å². The zero-order valence-electron chi connectivity index (χ0n) is 11.6. The highest BCUT2D eigenvalue weighted by atomic mass is 16.2. The molecular weight excluding hydrogens is 224 g/mol. The first-order chi connectivity index (χ1) is 8.61. The number of amides is 1. The van der Waals surface area contributed by atoms with Crippen LogP contribution in [-0.4, -0.2) is 30.4 Å². The van der Waals surface area contributed by atoms with Gasteiger partial charge in [0.25, 0.3) is 0 Å². The molecule has 3 nitrogen and oxygen atoms in total. The van der Waals surface area contributed by atoms with Crippen LogP contribution in [0, 0.1) is 5.92 Å². The topological polar surface area (TPSA) is 32.3 Å². The number of carbonyl (C=O) groups excluding carboxylic acids is 1. The third-order valence-corrected chi connectivity index (χ3v) is 2.77. The smallest absolute Gasteiger partial charge is 0.234 e. The van der Waals surface area contributed by atoms with Crippen molar-refractivity contribution in [1.29, 1.82) is 0 Å². The lowest BCUT2D eigenvalue weighted by atomic mass is 10.2. The summed E-state index contributed by atoms with van der Waals surface area (Å²) >= 11 is 0. The molecule has 18 heavy (non-hydrogen) atoms. The molecule has 0 spiro atoms. The minimum absolute atomic E-state index is 0.112. The zero-order chi connectivity index (χ0) is 13.4. The molecule has 0 radical (unpaired) electrons. The minimum atomic E-state index is 0.112. The number of benzene rings is 1. The molecule has 1 aromatic carbocycles. The second-order valence-electron chi connectivity index (χ2n) is 4.99. The van der Waals surface area contributed by atoms with E-state index in [2.05, 4.69) is 43.1 Å². The highest BCUT2D eigenvalue weighted by Gasteiger charge is 2.09. The van der Waals surface area contributed by atoms with Crippen molar-refractivity contribution in [2.75, 3.05) is 19.6 Å². The van der Waals surface area contributed by atoms with Gasteiger partial charge < -0.3 is 5.32 Å². The van der Waals surface area contributed by atoms with Crippen LogP contribution < -0.4 is 5.32 Å². The lowest BCUT2D eigenvalue weighted by Crippen LogP contribution is -2.38. The van der Waals surface area contributed by atoms with Crippen molar-refractivity contribution in [3.8, 4) is 0 Å². The van der Waals surface area contributed by atoms with E-state index in [1.54, 1.807) is 0 Å². The number of carbonyl (C=O) groups is 1. The van der Waals surface area contributed by atoms with Gasteiger partial charge in [-0.2, -0.15) is 0 Å². The van der Waals surface area contributed by atoms with Crippen LogP contribution in [0.15, 0.2) is 30.3 Å². The van der Waals surface area contributed by atoms with Crippen LogP contribution in [-0.2, 0) is 11.3 Å². The van der Waals surface area contributed by atoms with Crippen LogP contribution in [0.25, 0.3) is 0 Å². The molecule has 1 N–H and O–H groups in total. The van der Waals surface area contributed by atoms with Gasteiger partial charge in [-0.15, -0.1) is 0 Å². The maximum Gasteiger partial charge on any atom is 0.234 e. The van der Waals surface area contributed by atoms with Crippen molar-refractivity contribution in [3.05, 3.63) is 35.9 Å². The molecule has 0 aliphatic carbocycles. The Hall–Kier alpha value is -1.35. The molecule has 1 aromatic rings. The van der Waals surface area contributed by atoms with Gasteiger partial charge in [-0.25, -0.2) is 0 Å². The maximum absolute atomic E-state index is 11.8. The van der Waals surface area contributed by atoms with Crippen LogP contribution in [0.4, 0.5) is 0 Å². The lowest BCUT2D eigenvalue weighted by Gasteiger charge is -2.20. The summed E-state index contributed by atoms with van der Waals surface area (Å²) in [6.07, 6.45) is 0. The van der Waals surface area contributed by atoms with Crippen molar-refractivity contribution >= 4 is 5.91 Å². The summed E-state index contributed by atoms with van der Waals surface area (Å²) in [5.74, 6) is 0.611. The molecule has 0 aliphatic heterocycles. The highest BCUT2D eigenvalue weighted by Crippen LogP contribution is 2.03. The van der Waals surface area contributed by atoms with Gasteiger partial charge in [-0.05, 0) is 18.0 Å². The quantitative estimate of drug-likeness (QED) is 0.803. The third kappa shape index (κ3) is 5.82. The number of nitrogens with zero attached hydrogens (tertiary/aromatic N) is 1. The fraction of sp³-hybridized carbons (Fsp3) is 0.533. The van der Waals surface area contributed by atoms with E-state index in [9.17, 15) is 4.79 Å². The van der Waals surface area contributed by atoms with Crippen molar-refractivity contribution in [3.63, 3.8) is 0 Å². The van der Waals surface area contributed by atoms with Gasteiger partial charge in [-0.1, -0.05) is 51.1 Å². The Bertz CT molecular complexity index is 349. The Morgan fingerprint density at radius 1 is 1.28 bits per heavy atom. The van der Waals surface area contributed by atoms with Crippen LogP contribution in [0.5, 0.6) is 0 Å². The first-order valence-corrected chi connectivity index (χ1v) is 6.64. The average molecular weight is 248 g/mol. The van der Waals surface area contributed by atoms with Gasteiger partial charge in [-0.3, -0.25) is 9.69 Å². The first-order valence-electron chi connectivity index (χ1n) is 6.64. The maximum atomic E-state index is 11.8. The van der Waals surface area contributed by atoms with Crippen LogP contribution in [0.3, 0.4) is 0 Å². The molecule has 0 heterocycles. The monoisotopic (exact) mass is 248 g/mol. The molecule has 0 atom stereocenters. The molecular formula is C15H24N2O. The predicted octanol–water partition coefficient (Wildman–Crippen LogP) is 2.28. The molecule has 0 saturated heterocycles. The molecule has 0 aliphatic rings. The van der Waals surface area contributed by atoms with E-state index in [0.29, 0.717) is 12.5 Å². The molecule has 0 fully saturated rings. The Morgan fingerprint density at radius 2 is 1.94 bits per heavy atom. The van der Waals surface area contributed by atoms with Gasteiger partial charge in [0.15, 0.2) is 0 Å². The molecule has 0 saturated carbocycles. The fourth-order valence-corrected chi connectivity index (χ4v) is 1.70. The van der Waals surface area contributed by atoms with E-state index in [1.165, 1.54) is 5.56 Å². The van der Waals surface area contributed by atoms with Crippen LogP contribution in [0.1, 0.15) is 26.3 Å². The summed E-state index contributed by atoms with van der Waals surface area (Å²) < 4.78 is 0. The summed E-state index contributed by atoms with van der Waals surface area (Å²) in [7, 11) is 0. The van der Waals surface area contributed by atoms with E-state index in [1.807, 2.05) is 18.2 Å². The molecule has 1 amide bonds. The normalized spacial score (nSPS) is 10.9. The minimum Gasteiger partial charge on any atom is -0.355 e. The largest absolute Gasteiger partial charge is 0.355 e. The predicted molar refractivity (Wildman–Crippen MR) is 75.2 cm³/mol. The van der Waals surface area contributed by atoms with Crippen molar-refractivity contribution < 1.29 is 4.79 Å². The van der Waals surface area contributed by atoms with Gasteiger partial charge in [0.1, 0.15) is 0 Å². The van der Waals surface area contributed by atoms with Gasteiger partial charge in [0, 0.05) is 13.1 Å². The van der Waals surface area contributed by atoms with E-state index >= 15 is 0 Å². The Labute approximate surface area is 110 Å². The second kappa shape index (κ2) is 7.88. The summed E-state index contributed by atoms with van der Waals surface area (Å²) in [6.45, 7) is 9.21. The van der Waals surface area contributed by atoms with Gasteiger partial charge in [0.2, 0.25) is 5.91 Å². The number of hydrogen-bond donors (Lipinski definition) is 1. The van der Waals surface area contributed by atoms with Crippen molar-refractivity contribution in [2.45, 2.75) is 27.3 Å². The fourth-order valence-electron chi connectivity index (χ4n) is 1.70. The number of nitrogens with one attached hydrogen (secondary N) is 1. The second-order valence-corrected chi connectivity index (χ2v) is 4.99. The Morgan fingerprint density at radius 3 is 2.50 bits per heavy atom. The Balaban J connectivity index is 2.40. The van der Waals surface area contributed by atoms with Crippen molar-refractivity contribution in [1.82, 2.24) is 10.2 Å². The summed E-state index contributed by atoms with van der Waals surface area (Å²) in [6, 6.07) is 10.3. The first kappa shape index (κ1) is 14.7. The summed E-state index contributed by atoms with van der Waals surface area (Å²) in [4.78, 5) is 13.9. The molecule has 100 valence electrons. The van der Waals surface area contributed by atoms with Gasteiger partial charge >= 0.3 is 0 Å². The standard InChI is InChI=1S/C15H24N2O/c1-4-17(11-14-8-6-5-7-9-14)12-15(18)16-10-13(2)3/h5-9,13H,4,10-12H2,1-3H3,(H,16,18). The average Bonchev–Trinajstić information content (AvgIpc) is 2.37. The molecule has 0 aromatic heterocycles. The number of hydrogen-bond acceptors (Lipinski definition) is 2. The van der Waals surface area contributed by atoms with Crippen LogP contribution in [0.2, 0.25) is 0 Å². The molecule has 0 unspecified atom stereocenters. The summed E-state index contributed by atoms with van der Waals surface area (Å²) in [5.41, 5.74) is 1.25. The van der Waals surface area contributed by atoms with E-state index in [4.69, 9.17) is 0 Å². The van der Waals surface area contributed by atoms with E-state index < -0.39 is 0 Å².